The van der Waals surface area contributed by atoms with Crippen LogP contribution in [-0.2, 0) is 0 Å². The van der Waals surface area contributed by atoms with Gasteiger partial charge in [-0.15, -0.1) is 0 Å². The van der Waals surface area contributed by atoms with Crippen LogP contribution in [0.2, 0.25) is 0 Å². The van der Waals surface area contributed by atoms with Gasteiger partial charge in [0.1, 0.15) is 5.75 Å². The van der Waals surface area contributed by atoms with E-state index < -0.39 is 0 Å². The lowest BCUT2D eigenvalue weighted by Gasteiger charge is -1.96. The Balaban J connectivity index is 3.17. The third-order valence-corrected chi connectivity index (χ3v) is 1.18. The molecule has 1 N–H and O–H groups in total. The molecular weight excluding hydrogens is 112 g/mol. The highest BCUT2D eigenvalue weighted by Crippen LogP contribution is 2.15. The molecule has 0 unspecified atom stereocenters. The Labute approximate surface area is 55.0 Å². The molecule has 0 amide bonds. The highest BCUT2D eigenvalue weighted by Gasteiger charge is 1.92. The van der Waals surface area contributed by atoms with E-state index in [9.17, 15) is 0 Å². The Kier molecular flexibility index (Phi) is 1.43. The minimum Gasteiger partial charge on any atom is -0.508 e. The van der Waals surface area contributed by atoms with Crippen LogP contribution < -0.4 is 0 Å². The summed E-state index contributed by atoms with van der Waals surface area (Å²) in [6, 6.07) is 5.13. The third kappa shape index (κ3) is 1.22. The van der Waals surface area contributed by atoms with E-state index in [4.69, 9.17) is 12.0 Å². The summed E-state index contributed by atoms with van der Waals surface area (Å²) in [5, 5.41) is 8.92. The number of hydrogen-bond acceptors (Lipinski definition) is 1. The molecule has 0 aromatic heterocycles. The fourth-order valence-electron chi connectivity index (χ4n) is 0.674. The van der Waals surface area contributed by atoms with Crippen molar-refractivity contribution < 1.29 is 5.11 Å². The molecule has 0 saturated heterocycles. The number of aryl methyl sites for hydroxylation is 1. The second-order valence-electron chi connectivity index (χ2n) is 2.06. The van der Waals surface area contributed by atoms with Gasteiger partial charge in [-0.1, -0.05) is 17.7 Å². The molecule has 0 aliphatic rings. The Morgan fingerprint density at radius 2 is 2.11 bits per heavy atom. The predicted molar refractivity (Wildman–Crippen MR) is 36.2 cm³/mol. The standard InChI is InChI=1S/C8H8O/c1-6-3-4-8(9)7(2)5-6/h2-5,9H,1H3. The normalized spacial score (nSPS) is 9.56. The van der Waals surface area contributed by atoms with Crippen LogP contribution in [0.15, 0.2) is 18.2 Å². The van der Waals surface area contributed by atoms with Crippen LogP contribution >= 0.6 is 0 Å². The van der Waals surface area contributed by atoms with Gasteiger partial charge in [0.2, 0.25) is 0 Å². The monoisotopic (exact) mass is 120 g/mol. The molecule has 0 bridgehead atoms. The van der Waals surface area contributed by atoms with Crippen LogP contribution in [0.5, 0.6) is 5.75 Å². The molecule has 1 nitrogen and oxygen atoms in total. The fraction of sp³-hybridized carbons (Fsp3) is 0.125. The summed E-state index contributed by atoms with van der Waals surface area (Å²) in [7, 11) is 0. The number of hydrogen-bond donors (Lipinski definition) is 1. The molecule has 0 aliphatic heterocycles. The van der Waals surface area contributed by atoms with Gasteiger partial charge in [0.15, 0.2) is 0 Å². The highest BCUT2D eigenvalue weighted by molar-refractivity contribution is 5.37. The van der Waals surface area contributed by atoms with Gasteiger partial charge in [-0.25, -0.2) is 0 Å². The Morgan fingerprint density at radius 1 is 1.44 bits per heavy atom. The van der Waals surface area contributed by atoms with Crippen molar-refractivity contribution in [2.24, 2.45) is 0 Å². The van der Waals surface area contributed by atoms with Crippen molar-refractivity contribution in [3.8, 4) is 5.75 Å². The van der Waals surface area contributed by atoms with E-state index in [2.05, 4.69) is 0 Å². The molecule has 0 heterocycles. The van der Waals surface area contributed by atoms with Crippen molar-refractivity contribution >= 4 is 0 Å². The molecule has 1 heteroatoms. The van der Waals surface area contributed by atoms with Crippen molar-refractivity contribution in [3.63, 3.8) is 0 Å². The van der Waals surface area contributed by atoms with Gasteiger partial charge in [-0.3, -0.25) is 0 Å². The molecular formula is C8H8O. The zero-order valence-electron chi connectivity index (χ0n) is 5.26. The van der Waals surface area contributed by atoms with Crippen molar-refractivity contribution in [3.05, 3.63) is 36.2 Å². The van der Waals surface area contributed by atoms with E-state index >= 15 is 0 Å². The topological polar surface area (TPSA) is 20.2 Å². The van der Waals surface area contributed by atoms with Gasteiger partial charge < -0.3 is 5.11 Å². The molecule has 1 aromatic rings. The van der Waals surface area contributed by atoms with E-state index in [0.29, 0.717) is 5.56 Å². The average molecular weight is 120 g/mol. The van der Waals surface area contributed by atoms with Gasteiger partial charge in [-0.2, -0.15) is 0 Å². The van der Waals surface area contributed by atoms with E-state index in [-0.39, 0.29) is 5.75 Å². The predicted octanol–water partition coefficient (Wildman–Crippen LogP) is 1.76. The van der Waals surface area contributed by atoms with Gasteiger partial charge in [-0.05, 0) is 18.6 Å². The maximum atomic E-state index is 8.92. The summed E-state index contributed by atoms with van der Waals surface area (Å²) in [5.74, 6) is 0.153. The van der Waals surface area contributed by atoms with Crippen molar-refractivity contribution in [2.45, 2.75) is 6.92 Å². The highest BCUT2D eigenvalue weighted by atomic mass is 16.3. The molecule has 0 atom stereocenters. The van der Waals surface area contributed by atoms with E-state index in [1.165, 1.54) is 0 Å². The number of benzene rings is 1. The second-order valence-corrected chi connectivity index (χ2v) is 2.06. The first kappa shape index (κ1) is 6.14. The fourth-order valence-corrected chi connectivity index (χ4v) is 0.674. The minimum absolute atomic E-state index is 0.153. The van der Waals surface area contributed by atoms with Gasteiger partial charge in [0, 0.05) is 6.92 Å². The lowest BCUT2D eigenvalue weighted by Crippen LogP contribution is -1.75. The first-order valence-corrected chi connectivity index (χ1v) is 2.75. The van der Waals surface area contributed by atoms with Crippen LogP contribution in [0.3, 0.4) is 0 Å². The van der Waals surface area contributed by atoms with E-state index in [1.54, 1.807) is 12.1 Å². The molecule has 9 heavy (non-hydrogen) atoms. The molecule has 0 fully saturated rings. The van der Waals surface area contributed by atoms with Crippen molar-refractivity contribution in [1.82, 2.24) is 0 Å². The Hall–Kier alpha value is -0.980. The Bertz CT molecular complexity index is 216. The van der Waals surface area contributed by atoms with Gasteiger partial charge in [0.25, 0.3) is 0 Å². The quantitative estimate of drug-likeness (QED) is 0.553. The molecule has 0 saturated carbocycles. The van der Waals surface area contributed by atoms with Crippen LogP contribution in [-0.4, -0.2) is 5.11 Å². The summed E-state index contributed by atoms with van der Waals surface area (Å²) in [4.78, 5) is 0. The second kappa shape index (κ2) is 2.09. The summed E-state index contributed by atoms with van der Waals surface area (Å²) in [6.07, 6.45) is 0. The number of aromatic hydroxyl groups is 1. The number of rotatable bonds is 0. The van der Waals surface area contributed by atoms with Crippen LogP contribution in [0.4, 0.5) is 0 Å². The summed E-state index contributed by atoms with van der Waals surface area (Å²) < 4.78 is 0. The molecule has 0 spiro atoms. The molecule has 46 valence electrons. The van der Waals surface area contributed by atoms with Crippen LogP contribution in [0, 0.1) is 13.8 Å². The van der Waals surface area contributed by atoms with E-state index in [1.807, 2.05) is 13.0 Å². The molecule has 1 rings (SSSR count). The molecule has 1 aromatic carbocycles. The Morgan fingerprint density at radius 3 is 2.56 bits per heavy atom. The SMILES string of the molecule is [CH]c1cc(C)ccc1O. The lowest BCUT2D eigenvalue weighted by atomic mass is 10.1. The third-order valence-electron chi connectivity index (χ3n) is 1.18. The number of phenols is 1. The van der Waals surface area contributed by atoms with Gasteiger partial charge >= 0.3 is 0 Å². The summed E-state index contributed by atoms with van der Waals surface area (Å²) in [6.45, 7) is 7.30. The smallest absolute Gasteiger partial charge is 0.119 e. The van der Waals surface area contributed by atoms with E-state index in [0.717, 1.165) is 5.56 Å². The molecule has 0 aliphatic carbocycles. The van der Waals surface area contributed by atoms with Crippen LogP contribution in [0.25, 0.3) is 0 Å². The largest absolute Gasteiger partial charge is 0.508 e. The summed E-state index contributed by atoms with van der Waals surface area (Å²) >= 11 is 0. The van der Waals surface area contributed by atoms with Crippen molar-refractivity contribution in [1.29, 1.82) is 0 Å². The first-order chi connectivity index (χ1) is 4.20. The van der Waals surface area contributed by atoms with Crippen LogP contribution in [0.1, 0.15) is 11.1 Å². The maximum Gasteiger partial charge on any atom is 0.119 e. The first-order valence-electron chi connectivity index (χ1n) is 2.75. The summed E-state index contributed by atoms with van der Waals surface area (Å²) in [5.41, 5.74) is 1.50. The molecule has 2 radical (unpaired) electrons. The van der Waals surface area contributed by atoms with Crippen molar-refractivity contribution in [2.75, 3.05) is 0 Å². The number of phenolic OH excluding ortho intramolecular Hbond substituents is 1. The maximum absolute atomic E-state index is 8.92. The zero-order chi connectivity index (χ0) is 6.85. The zero-order valence-corrected chi connectivity index (χ0v) is 5.26. The minimum atomic E-state index is 0.153. The average Bonchev–Trinajstić information content (AvgIpc) is 1.80. The lowest BCUT2D eigenvalue weighted by molar-refractivity contribution is 0.473. The van der Waals surface area contributed by atoms with Gasteiger partial charge in [0.05, 0.1) is 0 Å².